The average Bonchev–Trinajstić information content (AvgIpc) is 3.28. The quantitative estimate of drug-likeness (QED) is 0.370. The topological polar surface area (TPSA) is 77.2 Å². The Morgan fingerprint density at radius 3 is 2.72 bits per heavy atom. The fourth-order valence-electron chi connectivity index (χ4n) is 3.43. The summed E-state index contributed by atoms with van der Waals surface area (Å²) in [7, 11) is 0. The molecular weight excluding hydrogens is 422 g/mol. The molecule has 0 radical (unpaired) electrons. The van der Waals surface area contributed by atoms with E-state index in [9.17, 15) is 4.79 Å². The minimum absolute atomic E-state index is 0.0305. The molecule has 0 bridgehead atoms. The van der Waals surface area contributed by atoms with Crippen molar-refractivity contribution in [1.29, 1.82) is 0 Å². The third-order valence-electron chi connectivity index (χ3n) is 5.01. The molecule has 1 aromatic heterocycles. The molecule has 1 atom stereocenters. The van der Waals surface area contributed by atoms with Crippen LogP contribution in [0.4, 0.5) is 0 Å². The summed E-state index contributed by atoms with van der Waals surface area (Å²) in [5, 5.41) is 9.47. The van der Waals surface area contributed by atoms with E-state index in [1.54, 1.807) is 0 Å². The van der Waals surface area contributed by atoms with E-state index in [0.717, 1.165) is 16.9 Å². The first-order valence-electron chi connectivity index (χ1n) is 10.5. The number of rotatable bonds is 9. The van der Waals surface area contributed by atoms with E-state index in [2.05, 4.69) is 45.8 Å². The van der Waals surface area contributed by atoms with Gasteiger partial charge in [-0.2, -0.15) is 4.98 Å². The average molecular weight is 448 g/mol. The lowest BCUT2D eigenvalue weighted by atomic mass is 10.0. The maximum absolute atomic E-state index is 12.4. The normalized spacial score (nSPS) is 11.9. The zero-order valence-electron chi connectivity index (χ0n) is 18.1. The van der Waals surface area contributed by atoms with Gasteiger partial charge in [-0.15, -0.1) is 11.8 Å². The summed E-state index contributed by atoms with van der Waals surface area (Å²) < 4.78 is 11.0. The second kappa shape index (κ2) is 10.3. The summed E-state index contributed by atoms with van der Waals surface area (Å²) in [6.07, 6.45) is 0. The highest BCUT2D eigenvalue weighted by Crippen LogP contribution is 2.28. The van der Waals surface area contributed by atoms with Gasteiger partial charge >= 0.3 is 0 Å². The lowest BCUT2D eigenvalue weighted by molar-refractivity contribution is -0.119. The molecule has 3 aromatic carbocycles. The first-order chi connectivity index (χ1) is 15.6. The number of benzene rings is 3. The summed E-state index contributed by atoms with van der Waals surface area (Å²) in [5.41, 5.74) is 1.87. The molecule has 1 amide bonds. The minimum atomic E-state index is -0.0715. The van der Waals surface area contributed by atoms with Gasteiger partial charge in [0.25, 0.3) is 0 Å². The number of hydrogen-bond acceptors (Lipinski definition) is 6. The van der Waals surface area contributed by atoms with Crippen LogP contribution in [0.5, 0.6) is 5.75 Å². The number of aromatic nitrogens is 2. The van der Waals surface area contributed by atoms with Gasteiger partial charge in [0.1, 0.15) is 5.75 Å². The van der Waals surface area contributed by atoms with E-state index in [4.69, 9.17) is 9.26 Å². The van der Waals surface area contributed by atoms with Gasteiger partial charge < -0.3 is 14.6 Å². The van der Waals surface area contributed by atoms with Crippen molar-refractivity contribution in [3.63, 3.8) is 0 Å². The molecule has 4 aromatic rings. The number of carbonyl (C=O) groups excluding carboxylic acids is 1. The largest absolute Gasteiger partial charge is 0.493 e. The second-order valence-electron chi connectivity index (χ2n) is 7.33. The third kappa shape index (κ3) is 5.29. The lowest BCUT2D eigenvalue weighted by Crippen LogP contribution is -2.28. The fourth-order valence-corrected chi connectivity index (χ4v) is 4.09. The van der Waals surface area contributed by atoms with E-state index < -0.39 is 0 Å². The molecule has 0 aliphatic carbocycles. The fraction of sp³-hybridized carbons (Fsp3) is 0.240. The van der Waals surface area contributed by atoms with Gasteiger partial charge in [0, 0.05) is 0 Å². The number of amides is 1. The Balaban J connectivity index is 1.29. The highest BCUT2D eigenvalue weighted by atomic mass is 32.2. The molecule has 0 saturated heterocycles. The molecule has 1 unspecified atom stereocenters. The van der Waals surface area contributed by atoms with Crippen molar-refractivity contribution in [3.8, 4) is 17.1 Å². The van der Waals surface area contributed by atoms with Crippen LogP contribution in [0.1, 0.15) is 31.3 Å². The molecule has 6 nitrogen and oxygen atoms in total. The Morgan fingerprint density at radius 2 is 1.88 bits per heavy atom. The van der Waals surface area contributed by atoms with Gasteiger partial charge in [0.2, 0.25) is 17.6 Å². The molecule has 1 heterocycles. The SMILES string of the molecule is CCOc1ccccc1-c1noc(CSCC(=O)NC(C)c2ccc3ccccc3c2)n1. The summed E-state index contributed by atoms with van der Waals surface area (Å²) in [4.78, 5) is 16.9. The predicted octanol–water partition coefficient (Wildman–Crippen LogP) is 5.40. The van der Waals surface area contributed by atoms with Gasteiger partial charge in [-0.05, 0) is 48.4 Å². The Kier molecular flexibility index (Phi) is 7.07. The van der Waals surface area contributed by atoms with Crippen molar-refractivity contribution >= 4 is 28.4 Å². The molecule has 164 valence electrons. The summed E-state index contributed by atoms with van der Waals surface area (Å²) in [6.45, 7) is 4.48. The van der Waals surface area contributed by atoms with Gasteiger partial charge in [-0.1, -0.05) is 53.7 Å². The molecule has 7 heteroatoms. The zero-order valence-corrected chi connectivity index (χ0v) is 18.9. The predicted molar refractivity (Wildman–Crippen MR) is 128 cm³/mol. The van der Waals surface area contributed by atoms with Gasteiger partial charge in [-0.3, -0.25) is 4.79 Å². The van der Waals surface area contributed by atoms with Crippen LogP contribution in [-0.2, 0) is 10.5 Å². The van der Waals surface area contributed by atoms with Crippen LogP contribution in [0, 0.1) is 0 Å². The van der Waals surface area contributed by atoms with E-state index in [1.165, 1.54) is 22.5 Å². The van der Waals surface area contributed by atoms with Crippen LogP contribution in [-0.4, -0.2) is 28.4 Å². The number of thioether (sulfide) groups is 1. The van der Waals surface area contributed by atoms with Crippen LogP contribution in [0.2, 0.25) is 0 Å². The molecule has 0 spiro atoms. The monoisotopic (exact) mass is 447 g/mol. The van der Waals surface area contributed by atoms with Gasteiger partial charge in [-0.25, -0.2) is 0 Å². The van der Waals surface area contributed by atoms with Crippen molar-refractivity contribution in [2.45, 2.75) is 25.6 Å². The summed E-state index contributed by atoms with van der Waals surface area (Å²) >= 11 is 1.44. The number of hydrogen-bond donors (Lipinski definition) is 1. The molecule has 0 saturated carbocycles. The first kappa shape index (κ1) is 21.9. The molecule has 0 aliphatic rings. The van der Waals surface area contributed by atoms with Crippen LogP contribution in [0.3, 0.4) is 0 Å². The lowest BCUT2D eigenvalue weighted by Gasteiger charge is -2.15. The number of nitrogens with one attached hydrogen (secondary N) is 1. The van der Waals surface area contributed by atoms with E-state index in [-0.39, 0.29) is 11.9 Å². The number of para-hydroxylation sites is 1. The smallest absolute Gasteiger partial charge is 0.236 e. The summed E-state index contributed by atoms with van der Waals surface area (Å²) in [6, 6.07) is 22.0. The van der Waals surface area contributed by atoms with Crippen molar-refractivity contribution in [3.05, 3.63) is 78.2 Å². The molecule has 0 fully saturated rings. The molecular formula is C25H25N3O3S. The highest BCUT2D eigenvalue weighted by Gasteiger charge is 2.14. The Hall–Kier alpha value is -3.32. The Bertz CT molecular complexity index is 1210. The van der Waals surface area contributed by atoms with Crippen LogP contribution in [0.25, 0.3) is 22.2 Å². The summed E-state index contributed by atoms with van der Waals surface area (Å²) in [5.74, 6) is 2.42. The van der Waals surface area contributed by atoms with Crippen molar-refractivity contribution in [1.82, 2.24) is 15.5 Å². The molecule has 1 N–H and O–H groups in total. The number of nitrogens with zero attached hydrogens (tertiary/aromatic N) is 2. The molecule has 4 rings (SSSR count). The minimum Gasteiger partial charge on any atom is -0.493 e. The van der Waals surface area contributed by atoms with Crippen molar-refractivity contribution in [2.24, 2.45) is 0 Å². The molecule has 0 aliphatic heterocycles. The standard InChI is InChI=1S/C25H25N3O3S/c1-3-30-22-11-7-6-10-21(22)25-27-24(31-28-25)16-32-15-23(29)26-17(2)19-13-12-18-8-4-5-9-20(18)14-19/h4-14,17H,3,15-16H2,1-2H3,(H,26,29). The number of ether oxygens (including phenoxy) is 1. The number of carbonyl (C=O) groups is 1. The third-order valence-corrected chi connectivity index (χ3v) is 5.92. The van der Waals surface area contributed by atoms with Crippen LogP contribution < -0.4 is 10.1 Å². The van der Waals surface area contributed by atoms with Gasteiger partial charge in [0.05, 0.1) is 29.7 Å². The molecule has 32 heavy (non-hydrogen) atoms. The van der Waals surface area contributed by atoms with Crippen LogP contribution >= 0.6 is 11.8 Å². The van der Waals surface area contributed by atoms with Gasteiger partial charge in [0.15, 0.2) is 0 Å². The van der Waals surface area contributed by atoms with E-state index >= 15 is 0 Å². The van der Waals surface area contributed by atoms with E-state index in [0.29, 0.717) is 29.8 Å². The van der Waals surface area contributed by atoms with Crippen molar-refractivity contribution in [2.75, 3.05) is 12.4 Å². The second-order valence-corrected chi connectivity index (χ2v) is 8.32. The van der Waals surface area contributed by atoms with Crippen LogP contribution in [0.15, 0.2) is 71.3 Å². The first-order valence-corrected chi connectivity index (χ1v) is 11.7. The van der Waals surface area contributed by atoms with Crippen molar-refractivity contribution < 1.29 is 14.1 Å². The number of fused-ring (bicyclic) bond motifs is 1. The maximum atomic E-state index is 12.4. The Labute approximate surface area is 191 Å². The van der Waals surface area contributed by atoms with E-state index in [1.807, 2.05) is 50.2 Å². The highest BCUT2D eigenvalue weighted by molar-refractivity contribution is 7.99. The maximum Gasteiger partial charge on any atom is 0.236 e. The Morgan fingerprint density at radius 1 is 1.09 bits per heavy atom. The zero-order chi connectivity index (χ0) is 22.3.